The molecule has 1 aliphatic rings. The zero-order chi connectivity index (χ0) is 20.7. The maximum absolute atomic E-state index is 11.9. The quantitative estimate of drug-likeness (QED) is 0.459. The molecular weight excluding hydrogens is 360 g/mol. The lowest BCUT2D eigenvalue weighted by Crippen LogP contribution is -2.19. The third-order valence-electron chi connectivity index (χ3n) is 6.15. The normalized spacial score (nSPS) is 17.2. The van der Waals surface area contributed by atoms with Crippen molar-refractivity contribution in [1.82, 2.24) is 0 Å². The molecule has 0 N–H and O–H groups in total. The summed E-state index contributed by atoms with van der Waals surface area (Å²) < 4.78 is 11.5. The Morgan fingerprint density at radius 3 is 2.59 bits per heavy atom. The molecular formula is C26H34O3. The van der Waals surface area contributed by atoms with Crippen molar-refractivity contribution < 1.29 is 14.3 Å². The Morgan fingerprint density at radius 1 is 1.07 bits per heavy atom. The molecule has 3 rings (SSSR count). The molecule has 0 saturated heterocycles. The first kappa shape index (κ1) is 21.4. The lowest BCUT2D eigenvalue weighted by atomic mass is 9.77. The van der Waals surface area contributed by atoms with Crippen molar-refractivity contribution in [3.63, 3.8) is 0 Å². The molecule has 1 aliphatic carbocycles. The number of para-hydroxylation sites is 1. The molecule has 2 aromatic carbocycles. The van der Waals surface area contributed by atoms with Gasteiger partial charge in [-0.25, -0.2) is 0 Å². The highest BCUT2D eigenvalue weighted by Crippen LogP contribution is 2.39. The van der Waals surface area contributed by atoms with E-state index in [2.05, 4.69) is 32.0 Å². The number of benzene rings is 2. The highest BCUT2D eigenvalue weighted by Gasteiger charge is 2.26. The van der Waals surface area contributed by atoms with Gasteiger partial charge in [0, 0.05) is 12.8 Å². The molecule has 3 heteroatoms. The van der Waals surface area contributed by atoms with Crippen molar-refractivity contribution in [3.05, 3.63) is 59.7 Å². The van der Waals surface area contributed by atoms with Gasteiger partial charge in [0.2, 0.25) is 0 Å². The van der Waals surface area contributed by atoms with E-state index < -0.39 is 0 Å². The molecule has 0 spiro atoms. The van der Waals surface area contributed by atoms with E-state index in [9.17, 15) is 4.79 Å². The number of unbranched alkanes of at least 4 members (excludes halogenated alkanes) is 1. The Bertz CT molecular complexity index is 795. The number of hydrogen-bond acceptors (Lipinski definition) is 3. The SMILES string of the molecule is COc1cc(C(C)(C)CCCCOc2ccccc2)ccc1C1CCCC(=O)C1. The lowest BCUT2D eigenvalue weighted by Gasteiger charge is -2.28. The van der Waals surface area contributed by atoms with E-state index in [1.807, 2.05) is 30.3 Å². The van der Waals surface area contributed by atoms with Gasteiger partial charge in [-0.05, 0) is 72.8 Å². The minimum absolute atomic E-state index is 0.0704. The maximum atomic E-state index is 11.9. The van der Waals surface area contributed by atoms with E-state index in [-0.39, 0.29) is 5.41 Å². The molecule has 0 aliphatic heterocycles. The van der Waals surface area contributed by atoms with E-state index in [0.29, 0.717) is 18.1 Å². The smallest absolute Gasteiger partial charge is 0.133 e. The Balaban J connectivity index is 1.57. The number of rotatable bonds is 9. The topological polar surface area (TPSA) is 35.5 Å². The van der Waals surface area contributed by atoms with E-state index in [0.717, 1.165) is 56.6 Å². The molecule has 1 fully saturated rings. The van der Waals surface area contributed by atoms with Crippen LogP contribution in [0.15, 0.2) is 48.5 Å². The summed E-state index contributed by atoms with van der Waals surface area (Å²) in [7, 11) is 1.74. The van der Waals surface area contributed by atoms with E-state index in [1.165, 1.54) is 11.1 Å². The minimum Gasteiger partial charge on any atom is -0.496 e. The average molecular weight is 395 g/mol. The van der Waals surface area contributed by atoms with Gasteiger partial charge in [-0.1, -0.05) is 44.2 Å². The summed E-state index contributed by atoms with van der Waals surface area (Å²) in [6.07, 6.45) is 6.70. The predicted molar refractivity (Wildman–Crippen MR) is 118 cm³/mol. The number of ether oxygens (including phenoxy) is 2. The van der Waals surface area contributed by atoms with Crippen molar-refractivity contribution >= 4 is 5.78 Å². The van der Waals surface area contributed by atoms with Gasteiger partial charge >= 0.3 is 0 Å². The summed E-state index contributed by atoms with van der Waals surface area (Å²) in [5.41, 5.74) is 2.56. The van der Waals surface area contributed by atoms with Crippen LogP contribution in [0.2, 0.25) is 0 Å². The second-order valence-electron chi connectivity index (χ2n) is 8.79. The van der Waals surface area contributed by atoms with Crippen molar-refractivity contribution in [2.75, 3.05) is 13.7 Å². The second-order valence-corrected chi connectivity index (χ2v) is 8.79. The van der Waals surface area contributed by atoms with Crippen LogP contribution in [-0.2, 0) is 10.2 Å². The molecule has 1 unspecified atom stereocenters. The molecule has 0 radical (unpaired) electrons. The summed E-state index contributed by atoms with van der Waals surface area (Å²) in [6.45, 7) is 5.34. The second kappa shape index (κ2) is 9.96. The molecule has 29 heavy (non-hydrogen) atoms. The first-order chi connectivity index (χ1) is 14.0. The average Bonchev–Trinajstić information content (AvgIpc) is 2.73. The van der Waals surface area contributed by atoms with Crippen molar-refractivity contribution in [2.24, 2.45) is 0 Å². The number of carbonyl (C=O) groups is 1. The molecule has 0 bridgehead atoms. The highest BCUT2D eigenvalue weighted by molar-refractivity contribution is 5.80. The number of carbonyl (C=O) groups excluding carboxylic acids is 1. The van der Waals surface area contributed by atoms with Crippen molar-refractivity contribution in [1.29, 1.82) is 0 Å². The standard InChI is InChI=1S/C26H34O3/c1-26(2,16-7-8-17-29-23-12-5-4-6-13-23)21-14-15-24(25(19-21)28-3)20-10-9-11-22(27)18-20/h4-6,12-15,19-20H,7-11,16-18H2,1-3H3. The van der Waals surface area contributed by atoms with Crippen LogP contribution >= 0.6 is 0 Å². The van der Waals surface area contributed by atoms with Gasteiger partial charge < -0.3 is 9.47 Å². The summed E-state index contributed by atoms with van der Waals surface area (Å²) in [5.74, 6) is 2.56. The van der Waals surface area contributed by atoms with Crippen LogP contribution in [0.4, 0.5) is 0 Å². The van der Waals surface area contributed by atoms with E-state index in [1.54, 1.807) is 7.11 Å². The van der Waals surface area contributed by atoms with Crippen LogP contribution < -0.4 is 9.47 Å². The lowest BCUT2D eigenvalue weighted by molar-refractivity contribution is -0.120. The summed E-state index contributed by atoms with van der Waals surface area (Å²) in [5, 5.41) is 0. The van der Waals surface area contributed by atoms with E-state index in [4.69, 9.17) is 9.47 Å². The number of hydrogen-bond donors (Lipinski definition) is 0. The molecule has 0 heterocycles. The predicted octanol–water partition coefficient (Wildman–Crippen LogP) is 6.45. The fourth-order valence-corrected chi connectivity index (χ4v) is 4.28. The summed E-state index contributed by atoms with van der Waals surface area (Å²) >= 11 is 0. The third-order valence-corrected chi connectivity index (χ3v) is 6.15. The third kappa shape index (κ3) is 5.85. The largest absolute Gasteiger partial charge is 0.496 e. The Hall–Kier alpha value is -2.29. The number of ketones is 1. The Labute approximate surface area is 175 Å². The summed E-state index contributed by atoms with van der Waals surface area (Å²) in [6, 6.07) is 16.6. The number of methoxy groups -OCH3 is 1. The first-order valence-corrected chi connectivity index (χ1v) is 10.9. The number of Topliss-reactive ketones (excluding diaryl/α,β-unsaturated/α-hetero) is 1. The Kier molecular flexibility index (Phi) is 7.35. The first-order valence-electron chi connectivity index (χ1n) is 10.9. The minimum atomic E-state index is 0.0704. The van der Waals surface area contributed by atoms with Crippen molar-refractivity contribution in [3.8, 4) is 11.5 Å². The molecule has 0 amide bonds. The highest BCUT2D eigenvalue weighted by atomic mass is 16.5. The zero-order valence-electron chi connectivity index (χ0n) is 18.1. The van der Waals surface area contributed by atoms with Gasteiger partial charge in [0.15, 0.2) is 0 Å². The van der Waals surface area contributed by atoms with Crippen LogP contribution in [0.1, 0.15) is 75.8 Å². The van der Waals surface area contributed by atoms with Crippen LogP contribution in [-0.4, -0.2) is 19.5 Å². The van der Waals surface area contributed by atoms with Gasteiger partial charge in [0.25, 0.3) is 0 Å². The molecule has 1 atom stereocenters. The van der Waals surface area contributed by atoms with Gasteiger partial charge in [0.05, 0.1) is 13.7 Å². The van der Waals surface area contributed by atoms with Crippen LogP contribution in [0.25, 0.3) is 0 Å². The molecule has 2 aromatic rings. The monoisotopic (exact) mass is 394 g/mol. The van der Waals surface area contributed by atoms with Crippen LogP contribution in [0, 0.1) is 0 Å². The fourth-order valence-electron chi connectivity index (χ4n) is 4.28. The van der Waals surface area contributed by atoms with Crippen LogP contribution in [0.3, 0.4) is 0 Å². The summed E-state index contributed by atoms with van der Waals surface area (Å²) in [4.78, 5) is 11.9. The molecule has 0 aromatic heterocycles. The molecule has 1 saturated carbocycles. The molecule has 156 valence electrons. The van der Waals surface area contributed by atoms with Gasteiger partial charge in [0.1, 0.15) is 17.3 Å². The van der Waals surface area contributed by atoms with Crippen molar-refractivity contribution in [2.45, 2.75) is 70.1 Å². The maximum Gasteiger partial charge on any atom is 0.133 e. The van der Waals surface area contributed by atoms with Gasteiger partial charge in [-0.2, -0.15) is 0 Å². The Morgan fingerprint density at radius 2 is 1.86 bits per heavy atom. The van der Waals surface area contributed by atoms with Crippen LogP contribution in [0.5, 0.6) is 11.5 Å². The van der Waals surface area contributed by atoms with E-state index >= 15 is 0 Å². The fraction of sp³-hybridized carbons (Fsp3) is 0.500. The van der Waals surface area contributed by atoms with Gasteiger partial charge in [-0.3, -0.25) is 4.79 Å². The van der Waals surface area contributed by atoms with Gasteiger partial charge in [-0.15, -0.1) is 0 Å². The zero-order valence-corrected chi connectivity index (χ0v) is 18.1. The molecule has 3 nitrogen and oxygen atoms in total.